The first-order valence-electron chi connectivity index (χ1n) is 20.8. The maximum atomic E-state index is 14.1. The molecule has 4 aromatic rings. The van der Waals surface area contributed by atoms with Gasteiger partial charge in [-0.05, 0) is 85.9 Å². The summed E-state index contributed by atoms with van der Waals surface area (Å²) in [6.07, 6.45) is 4.97. The number of imide groups is 2. The predicted octanol–water partition coefficient (Wildman–Crippen LogP) is 6.61. The molecule has 2 fully saturated rings. The zero-order valence-corrected chi connectivity index (χ0v) is 34.6. The van der Waals surface area contributed by atoms with Crippen LogP contribution in [-0.4, -0.2) is 76.6 Å². The Hall–Kier alpha value is -5.45. The zero-order valence-electron chi connectivity index (χ0n) is 33.7. The second kappa shape index (κ2) is 19.1. The first kappa shape index (κ1) is 43.6. The molecule has 16 heteroatoms. The van der Waals surface area contributed by atoms with Gasteiger partial charge in [0.15, 0.2) is 0 Å². The van der Waals surface area contributed by atoms with Crippen LogP contribution >= 0.6 is 12.6 Å². The summed E-state index contributed by atoms with van der Waals surface area (Å²) >= 11 is 4.38. The van der Waals surface area contributed by atoms with E-state index in [4.69, 9.17) is 10.5 Å². The standard InChI is InChI=1S/C45H50F2N6O7S/c46-45(47)19-17-31(18-20-45)52-26-34(28-7-3-8-29(24-28)41(48)61)32-14-13-30(25-36(32)52)50-38(55)12-2-1-11-37(54)49-21-23-60-22-5-9-27-6-4-10-33-40(27)44(59)53(43(33)58)35-15-16-39(56)51-42(35)57/h3-4,6-8,10,13-14,24-26,31,35,41,61H,1-2,5,9,11-12,15-23,48H2,(H,49,54)(H,50,55)(H,51,56,57). The van der Waals surface area contributed by atoms with Gasteiger partial charge in [0.2, 0.25) is 29.6 Å². The predicted molar refractivity (Wildman–Crippen MR) is 228 cm³/mol. The molecule has 1 saturated heterocycles. The van der Waals surface area contributed by atoms with Gasteiger partial charge in [0.05, 0.1) is 28.6 Å². The SMILES string of the molecule is NC(S)c1cccc(-c2cn(C3CCC(F)(F)CC3)c3cc(NC(=O)CCCCC(=O)NCCOCCCc4cccc5c4C(=O)N(C4CCC(=O)NC4=O)C5=O)ccc23)c1. The van der Waals surface area contributed by atoms with Gasteiger partial charge in [-0.1, -0.05) is 36.4 Å². The Kier molecular flexibility index (Phi) is 13.6. The van der Waals surface area contributed by atoms with Crippen LogP contribution < -0.4 is 21.7 Å². The zero-order chi connectivity index (χ0) is 43.3. The molecule has 1 aromatic heterocycles. The summed E-state index contributed by atoms with van der Waals surface area (Å²) in [4.78, 5) is 76.7. The van der Waals surface area contributed by atoms with Crippen LogP contribution in [0.1, 0.15) is 114 Å². The Labute approximate surface area is 357 Å². The molecule has 13 nitrogen and oxygen atoms in total. The molecule has 61 heavy (non-hydrogen) atoms. The maximum absolute atomic E-state index is 14.1. The normalized spacial score (nSPS) is 18.3. The van der Waals surface area contributed by atoms with Crippen LogP contribution in [0.3, 0.4) is 0 Å². The molecule has 7 rings (SSSR count). The highest BCUT2D eigenvalue weighted by atomic mass is 32.1. The minimum Gasteiger partial charge on any atom is -0.380 e. The Balaban J connectivity index is 0.827. The fraction of sp³-hybridized carbons (Fsp3) is 0.422. The average molecular weight is 857 g/mol. The van der Waals surface area contributed by atoms with E-state index in [1.165, 1.54) is 0 Å². The lowest BCUT2D eigenvalue weighted by molar-refractivity contribution is -0.136. The van der Waals surface area contributed by atoms with Gasteiger partial charge in [-0.2, -0.15) is 12.6 Å². The number of piperidine rings is 1. The number of hydrogen-bond donors (Lipinski definition) is 5. The second-order valence-electron chi connectivity index (χ2n) is 15.9. The van der Waals surface area contributed by atoms with Crippen LogP contribution in [0, 0.1) is 0 Å². The van der Waals surface area contributed by atoms with Crippen molar-refractivity contribution in [3.8, 4) is 11.1 Å². The van der Waals surface area contributed by atoms with Crippen molar-refractivity contribution in [3.63, 3.8) is 0 Å². The van der Waals surface area contributed by atoms with Gasteiger partial charge in [0.1, 0.15) is 6.04 Å². The van der Waals surface area contributed by atoms with Gasteiger partial charge in [0, 0.05) is 74.1 Å². The third-order valence-electron chi connectivity index (χ3n) is 11.7. The summed E-state index contributed by atoms with van der Waals surface area (Å²) in [6.45, 7) is 0.935. The molecule has 2 atom stereocenters. The molecule has 2 unspecified atom stereocenters. The van der Waals surface area contributed by atoms with Crippen molar-refractivity contribution < 1.29 is 42.3 Å². The first-order chi connectivity index (χ1) is 29.3. The van der Waals surface area contributed by atoms with Crippen LogP contribution in [-0.2, 0) is 30.3 Å². The monoisotopic (exact) mass is 856 g/mol. The van der Waals surface area contributed by atoms with Crippen molar-refractivity contribution in [3.05, 3.63) is 89.1 Å². The quantitative estimate of drug-likeness (QED) is 0.0340. The fourth-order valence-corrected chi connectivity index (χ4v) is 8.62. The molecule has 3 aliphatic rings. The summed E-state index contributed by atoms with van der Waals surface area (Å²) in [5.74, 6) is -5.18. The third kappa shape index (κ3) is 10.2. The van der Waals surface area contributed by atoms with Crippen LogP contribution in [0.2, 0.25) is 0 Å². The van der Waals surface area contributed by atoms with E-state index < -0.39 is 41.0 Å². The molecule has 6 amide bonds. The van der Waals surface area contributed by atoms with E-state index in [1.54, 1.807) is 18.2 Å². The minimum absolute atomic E-state index is 0.0502. The Morgan fingerprint density at radius 2 is 1.66 bits per heavy atom. The topological polar surface area (TPSA) is 182 Å². The number of nitrogens with zero attached hydrogens (tertiary/aromatic N) is 2. The number of ether oxygens (including phenoxy) is 1. The molecule has 3 heterocycles. The number of fused-ring (bicyclic) bond motifs is 2. The third-order valence-corrected chi connectivity index (χ3v) is 12.0. The number of aromatic nitrogens is 1. The number of nitrogens with two attached hydrogens (primary N) is 1. The Morgan fingerprint density at radius 3 is 2.41 bits per heavy atom. The summed E-state index contributed by atoms with van der Waals surface area (Å²) in [5.41, 5.74) is 11.4. The number of aryl methyl sites for hydroxylation is 1. The average Bonchev–Trinajstić information content (AvgIpc) is 3.73. The van der Waals surface area contributed by atoms with Crippen molar-refractivity contribution >= 4 is 64.7 Å². The molecular formula is C45H50F2N6O7S. The summed E-state index contributed by atoms with van der Waals surface area (Å²) in [7, 11) is 0. The van der Waals surface area contributed by atoms with Crippen molar-refractivity contribution in [2.24, 2.45) is 5.73 Å². The molecular weight excluding hydrogens is 807 g/mol. The van der Waals surface area contributed by atoms with Crippen molar-refractivity contribution in [1.29, 1.82) is 0 Å². The lowest BCUT2D eigenvalue weighted by atomic mass is 9.92. The van der Waals surface area contributed by atoms with Crippen molar-refractivity contribution in [2.75, 3.05) is 25.1 Å². The number of nitrogens with one attached hydrogen (secondary N) is 3. The molecule has 0 spiro atoms. The van der Waals surface area contributed by atoms with E-state index in [1.807, 2.05) is 48.7 Å². The lowest BCUT2D eigenvalue weighted by Crippen LogP contribution is -2.54. The fourth-order valence-electron chi connectivity index (χ4n) is 8.46. The van der Waals surface area contributed by atoms with E-state index in [0.717, 1.165) is 32.5 Å². The van der Waals surface area contributed by atoms with E-state index in [-0.39, 0.29) is 74.1 Å². The Bertz CT molecular complexity index is 2340. The van der Waals surface area contributed by atoms with Crippen molar-refractivity contribution in [1.82, 2.24) is 20.1 Å². The highest BCUT2D eigenvalue weighted by molar-refractivity contribution is 7.80. The molecule has 3 aromatic carbocycles. The van der Waals surface area contributed by atoms with Crippen LogP contribution in [0.15, 0.2) is 66.9 Å². The number of halogens is 2. The van der Waals surface area contributed by atoms with Crippen LogP contribution in [0.5, 0.6) is 0 Å². The highest BCUT2D eigenvalue weighted by Gasteiger charge is 2.45. The minimum atomic E-state index is -2.66. The summed E-state index contributed by atoms with van der Waals surface area (Å²) in [5, 5.41) is 8.47. The first-order valence-corrected chi connectivity index (χ1v) is 21.4. The molecule has 1 saturated carbocycles. The number of unbranched alkanes of at least 4 members (excludes halogenated alkanes) is 1. The van der Waals surface area contributed by atoms with Gasteiger partial charge >= 0.3 is 0 Å². The number of rotatable bonds is 17. The van der Waals surface area contributed by atoms with Crippen LogP contribution in [0.4, 0.5) is 14.5 Å². The van der Waals surface area contributed by atoms with Gasteiger partial charge in [-0.3, -0.25) is 39.0 Å². The maximum Gasteiger partial charge on any atom is 0.262 e. The molecule has 5 N–H and O–H groups in total. The van der Waals surface area contributed by atoms with Gasteiger partial charge in [-0.15, -0.1) is 0 Å². The summed E-state index contributed by atoms with van der Waals surface area (Å²) in [6, 6.07) is 17.3. The van der Waals surface area contributed by atoms with Gasteiger partial charge in [-0.25, -0.2) is 8.78 Å². The van der Waals surface area contributed by atoms with E-state index in [9.17, 15) is 37.5 Å². The largest absolute Gasteiger partial charge is 0.380 e. The van der Waals surface area contributed by atoms with Crippen molar-refractivity contribution in [2.45, 2.75) is 100 Å². The number of carbonyl (C=O) groups excluding carboxylic acids is 6. The number of alkyl halides is 2. The molecule has 2 aliphatic heterocycles. The highest BCUT2D eigenvalue weighted by Crippen LogP contribution is 2.42. The van der Waals surface area contributed by atoms with Crippen LogP contribution in [0.25, 0.3) is 22.0 Å². The number of thiol groups is 1. The Morgan fingerprint density at radius 1 is 0.902 bits per heavy atom. The molecule has 322 valence electrons. The molecule has 0 radical (unpaired) electrons. The second-order valence-corrected chi connectivity index (χ2v) is 16.5. The van der Waals surface area contributed by atoms with E-state index >= 15 is 0 Å². The smallest absolute Gasteiger partial charge is 0.262 e. The summed E-state index contributed by atoms with van der Waals surface area (Å²) < 4.78 is 36.0. The van der Waals surface area contributed by atoms with Gasteiger partial charge < -0.3 is 25.7 Å². The van der Waals surface area contributed by atoms with E-state index in [0.29, 0.717) is 62.9 Å². The molecule has 1 aliphatic carbocycles. The number of carbonyl (C=O) groups is 6. The number of hydrogen-bond acceptors (Lipinski definition) is 9. The molecule has 0 bridgehead atoms. The van der Waals surface area contributed by atoms with Gasteiger partial charge in [0.25, 0.3) is 11.8 Å². The number of amides is 6. The lowest BCUT2D eigenvalue weighted by Gasteiger charge is -2.29. The number of anilines is 1. The van der Waals surface area contributed by atoms with E-state index in [2.05, 4.69) is 33.1 Å². The number of benzene rings is 3.